The van der Waals surface area contributed by atoms with E-state index < -0.39 is 22.8 Å². The Bertz CT molecular complexity index is 459. The third-order valence-electron chi connectivity index (χ3n) is 1.61. The van der Waals surface area contributed by atoms with Crippen LogP contribution in [0, 0.1) is 0 Å². The molecular weight excluding hydrogens is 190 g/mol. The fourth-order valence-corrected chi connectivity index (χ4v) is 0.967. The normalized spacial score (nSPS) is 10.1. The largest absolute Gasteiger partial charge is 0.477 e. The Labute approximate surface area is 77.8 Å². The van der Waals surface area contributed by atoms with Crippen LogP contribution in [-0.2, 0) is 6.54 Å². The summed E-state index contributed by atoms with van der Waals surface area (Å²) in [4.78, 5) is 34.4. The summed E-state index contributed by atoms with van der Waals surface area (Å²) >= 11 is 0. The Kier molecular flexibility index (Phi) is 2.82. The molecule has 0 radical (unpaired) electrons. The minimum atomic E-state index is -1.38. The van der Waals surface area contributed by atoms with Crippen LogP contribution in [0.1, 0.15) is 10.4 Å². The number of aromatic amines is 1. The van der Waals surface area contributed by atoms with E-state index in [4.69, 9.17) is 10.8 Å². The third kappa shape index (κ3) is 1.88. The second kappa shape index (κ2) is 3.88. The number of rotatable bonds is 3. The Balaban J connectivity index is 3.35. The molecule has 0 aliphatic rings. The van der Waals surface area contributed by atoms with Crippen molar-refractivity contribution in [3.8, 4) is 0 Å². The van der Waals surface area contributed by atoms with Gasteiger partial charge < -0.3 is 10.8 Å². The van der Waals surface area contributed by atoms with Gasteiger partial charge in [0.15, 0.2) is 0 Å². The highest BCUT2D eigenvalue weighted by Crippen LogP contribution is 1.86. The van der Waals surface area contributed by atoms with Gasteiger partial charge in [0.1, 0.15) is 5.56 Å². The summed E-state index contributed by atoms with van der Waals surface area (Å²) in [7, 11) is 0. The van der Waals surface area contributed by atoms with Gasteiger partial charge in [0.05, 0.1) is 0 Å². The van der Waals surface area contributed by atoms with E-state index >= 15 is 0 Å². The first-order chi connectivity index (χ1) is 6.56. The molecule has 0 spiro atoms. The van der Waals surface area contributed by atoms with Crippen molar-refractivity contribution in [2.24, 2.45) is 5.73 Å². The van der Waals surface area contributed by atoms with Crippen molar-refractivity contribution < 1.29 is 9.90 Å². The number of carbonyl (C=O) groups is 1. The molecule has 0 unspecified atom stereocenters. The van der Waals surface area contributed by atoms with Gasteiger partial charge in [-0.25, -0.2) is 9.59 Å². The number of carboxylic acids is 1. The second-order valence-corrected chi connectivity index (χ2v) is 2.59. The Hall–Kier alpha value is -1.89. The zero-order chi connectivity index (χ0) is 10.7. The molecule has 76 valence electrons. The predicted molar refractivity (Wildman–Crippen MR) is 47.3 cm³/mol. The van der Waals surface area contributed by atoms with Crippen molar-refractivity contribution in [2.75, 3.05) is 6.54 Å². The van der Waals surface area contributed by atoms with E-state index in [1.165, 1.54) is 0 Å². The molecule has 1 aromatic heterocycles. The molecule has 0 fully saturated rings. The lowest BCUT2D eigenvalue weighted by molar-refractivity contribution is 0.0693. The highest BCUT2D eigenvalue weighted by molar-refractivity contribution is 5.86. The van der Waals surface area contributed by atoms with E-state index in [1.54, 1.807) is 0 Å². The van der Waals surface area contributed by atoms with E-state index in [2.05, 4.69) is 0 Å². The van der Waals surface area contributed by atoms with Crippen LogP contribution in [0.15, 0.2) is 15.8 Å². The summed E-state index contributed by atoms with van der Waals surface area (Å²) in [5, 5.41) is 8.58. The number of nitrogens with zero attached hydrogens (tertiary/aromatic N) is 1. The van der Waals surface area contributed by atoms with Crippen molar-refractivity contribution >= 4 is 5.97 Å². The summed E-state index contributed by atoms with van der Waals surface area (Å²) in [6.07, 6.45) is 0.982. The summed E-state index contributed by atoms with van der Waals surface area (Å²) in [5.41, 5.74) is 3.15. The van der Waals surface area contributed by atoms with Gasteiger partial charge in [0.2, 0.25) is 0 Å². The molecule has 14 heavy (non-hydrogen) atoms. The van der Waals surface area contributed by atoms with Gasteiger partial charge in [-0.05, 0) is 0 Å². The quantitative estimate of drug-likeness (QED) is 0.530. The molecular formula is C7H9N3O4. The highest BCUT2D eigenvalue weighted by atomic mass is 16.4. The van der Waals surface area contributed by atoms with Crippen molar-refractivity contribution in [3.05, 3.63) is 32.6 Å². The van der Waals surface area contributed by atoms with Crippen LogP contribution in [0.25, 0.3) is 0 Å². The number of aromatic nitrogens is 2. The molecule has 1 rings (SSSR count). The van der Waals surface area contributed by atoms with Crippen LogP contribution in [-0.4, -0.2) is 27.2 Å². The summed E-state index contributed by atoms with van der Waals surface area (Å²) in [5.74, 6) is -1.38. The summed E-state index contributed by atoms with van der Waals surface area (Å²) in [6.45, 7) is 0.348. The molecule has 0 aliphatic carbocycles. The first-order valence-corrected chi connectivity index (χ1v) is 3.83. The summed E-state index contributed by atoms with van der Waals surface area (Å²) in [6, 6.07) is 0. The molecule has 7 heteroatoms. The third-order valence-corrected chi connectivity index (χ3v) is 1.61. The van der Waals surface area contributed by atoms with Crippen LogP contribution in [0.3, 0.4) is 0 Å². The molecule has 0 saturated heterocycles. The number of hydrogen-bond acceptors (Lipinski definition) is 4. The van der Waals surface area contributed by atoms with E-state index in [0.29, 0.717) is 0 Å². The van der Waals surface area contributed by atoms with Crippen LogP contribution in [0.5, 0.6) is 0 Å². The fraction of sp³-hybridized carbons (Fsp3) is 0.286. The molecule has 0 saturated carbocycles. The maximum absolute atomic E-state index is 11.1. The molecule has 0 amide bonds. The SMILES string of the molecule is NCCn1cc(C(=O)O)c(=O)[nH]c1=O. The average molecular weight is 199 g/mol. The lowest BCUT2D eigenvalue weighted by atomic mass is 10.3. The lowest BCUT2D eigenvalue weighted by Gasteiger charge is -2.02. The molecule has 4 N–H and O–H groups in total. The van der Waals surface area contributed by atoms with Crippen molar-refractivity contribution in [2.45, 2.75) is 6.54 Å². The van der Waals surface area contributed by atoms with Crippen LogP contribution in [0.4, 0.5) is 0 Å². The lowest BCUT2D eigenvalue weighted by Crippen LogP contribution is -2.34. The Morgan fingerprint density at radius 3 is 2.71 bits per heavy atom. The summed E-state index contributed by atoms with van der Waals surface area (Å²) < 4.78 is 1.05. The zero-order valence-corrected chi connectivity index (χ0v) is 7.19. The van der Waals surface area contributed by atoms with E-state index in [1.807, 2.05) is 4.98 Å². The number of aromatic carboxylic acids is 1. The van der Waals surface area contributed by atoms with Gasteiger partial charge in [-0.3, -0.25) is 14.3 Å². The van der Waals surface area contributed by atoms with Crippen molar-refractivity contribution in [3.63, 3.8) is 0 Å². The predicted octanol–water partition coefficient (Wildman–Crippen LogP) is -1.81. The maximum Gasteiger partial charge on any atom is 0.342 e. The average Bonchev–Trinajstić information content (AvgIpc) is 2.09. The van der Waals surface area contributed by atoms with Gasteiger partial charge in [-0.15, -0.1) is 0 Å². The molecule has 1 aromatic rings. The second-order valence-electron chi connectivity index (χ2n) is 2.59. The fourth-order valence-electron chi connectivity index (χ4n) is 0.967. The highest BCUT2D eigenvalue weighted by Gasteiger charge is 2.10. The maximum atomic E-state index is 11.1. The van der Waals surface area contributed by atoms with Gasteiger partial charge in [-0.1, -0.05) is 0 Å². The molecule has 1 heterocycles. The van der Waals surface area contributed by atoms with Gasteiger partial charge in [0.25, 0.3) is 5.56 Å². The van der Waals surface area contributed by atoms with Gasteiger partial charge >= 0.3 is 11.7 Å². The monoisotopic (exact) mass is 199 g/mol. The first-order valence-electron chi connectivity index (χ1n) is 3.83. The van der Waals surface area contributed by atoms with E-state index in [9.17, 15) is 14.4 Å². The number of hydrogen-bond donors (Lipinski definition) is 3. The van der Waals surface area contributed by atoms with Crippen LogP contribution >= 0.6 is 0 Å². The Morgan fingerprint density at radius 1 is 1.57 bits per heavy atom. The Morgan fingerprint density at radius 2 is 2.21 bits per heavy atom. The van der Waals surface area contributed by atoms with Gasteiger partial charge in [-0.2, -0.15) is 0 Å². The number of nitrogens with two attached hydrogens (primary N) is 1. The minimum Gasteiger partial charge on any atom is -0.477 e. The smallest absolute Gasteiger partial charge is 0.342 e. The van der Waals surface area contributed by atoms with E-state index in [-0.39, 0.29) is 13.1 Å². The minimum absolute atomic E-state index is 0.163. The standard InChI is InChI=1S/C7H9N3O4/c8-1-2-10-3-4(6(12)13)5(11)9-7(10)14/h3H,1-2,8H2,(H,12,13)(H,9,11,14). The number of nitrogens with one attached hydrogen (secondary N) is 1. The number of carboxylic acid groups (broad SMARTS) is 1. The zero-order valence-electron chi connectivity index (χ0n) is 7.19. The molecule has 0 atom stereocenters. The first kappa shape index (κ1) is 10.2. The van der Waals surface area contributed by atoms with Gasteiger partial charge in [0, 0.05) is 19.3 Å². The van der Waals surface area contributed by atoms with Crippen LogP contribution < -0.4 is 17.0 Å². The topological polar surface area (TPSA) is 118 Å². The van der Waals surface area contributed by atoms with E-state index in [0.717, 1.165) is 10.8 Å². The van der Waals surface area contributed by atoms with Crippen molar-refractivity contribution in [1.82, 2.24) is 9.55 Å². The van der Waals surface area contributed by atoms with Crippen molar-refractivity contribution in [1.29, 1.82) is 0 Å². The molecule has 7 nitrogen and oxygen atoms in total. The van der Waals surface area contributed by atoms with Crippen LogP contribution in [0.2, 0.25) is 0 Å². The molecule has 0 bridgehead atoms. The molecule has 0 aromatic carbocycles. The molecule has 0 aliphatic heterocycles. The number of H-pyrrole nitrogens is 1.